The molecule has 122 valence electrons. The fraction of sp³-hybridized carbons (Fsp3) is 0.500. The number of hydrogen-bond donors (Lipinski definition) is 2. The minimum absolute atomic E-state index is 0. The lowest BCUT2D eigenvalue weighted by atomic mass is 10.2. The smallest absolute Gasteiger partial charge is 0.226 e. The van der Waals surface area contributed by atoms with Gasteiger partial charge in [0, 0.05) is 24.7 Å². The molecule has 1 saturated carbocycles. The summed E-state index contributed by atoms with van der Waals surface area (Å²) < 4.78 is 0. The second kappa shape index (κ2) is 8.36. The van der Waals surface area contributed by atoms with Crippen LogP contribution in [0.1, 0.15) is 32.3 Å². The number of nitrogens with one attached hydrogen (secondary N) is 1. The Morgan fingerprint density at radius 1 is 1.36 bits per heavy atom. The number of halogens is 1. The number of anilines is 1. The fourth-order valence-electron chi connectivity index (χ4n) is 1.91. The summed E-state index contributed by atoms with van der Waals surface area (Å²) in [4.78, 5) is 18.0. The zero-order valence-corrected chi connectivity index (χ0v) is 15.7. The van der Waals surface area contributed by atoms with E-state index in [2.05, 4.69) is 10.3 Å². The number of hydrogen-bond acceptors (Lipinski definition) is 2. The minimum atomic E-state index is -0.0213. The molecular formula is C16H25IN4O. The van der Waals surface area contributed by atoms with Crippen LogP contribution < -0.4 is 11.1 Å². The van der Waals surface area contributed by atoms with Gasteiger partial charge in [-0.25, -0.2) is 4.99 Å². The first-order valence-electron chi connectivity index (χ1n) is 7.40. The highest BCUT2D eigenvalue weighted by molar-refractivity contribution is 14.0. The van der Waals surface area contributed by atoms with Crippen LogP contribution in [0.15, 0.2) is 29.3 Å². The summed E-state index contributed by atoms with van der Waals surface area (Å²) in [6.45, 7) is 4.30. The summed E-state index contributed by atoms with van der Waals surface area (Å²) in [5.74, 6) is 0.595. The van der Waals surface area contributed by atoms with Gasteiger partial charge in [0.2, 0.25) is 5.91 Å². The molecule has 3 N–H and O–H groups in total. The van der Waals surface area contributed by atoms with E-state index in [0.29, 0.717) is 18.5 Å². The molecule has 1 fully saturated rings. The van der Waals surface area contributed by atoms with Crippen LogP contribution in [-0.4, -0.2) is 29.9 Å². The molecule has 1 amide bonds. The second-order valence-corrected chi connectivity index (χ2v) is 5.86. The molecule has 0 radical (unpaired) electrons. The van der Waals surface area contributed by atoms with Gasteiger partial charge < -0.3 is 16.0 Å². The Hall–Kier alpha value is -1.31. The average molecular weight is 416 g/mol. The molecule has 0 heterocycles. The SMILES string of the molecule is CC(C)C(=O)Nc1ccc(CN=C(N)N(C)C2CC2)cc1.I. The molecule has 0 aromatic heterocycles. The first kappa shape index (κ1) is 18.7. The maximum Gasteiger partial charge on any atom is 0.226 e. The summed E-state index contributed by atoms with van der Waals surface area (Å²) in [5, 5.41) is 2.87. The van der Waals surface area contributed by atoms with Crippen molar-refractivity contribution in [3.8, 4) is 0 Å². The molecule has 0 aliphatic heterocycles. The molecule has 1 aliphatic rings. The highest BCUT2D eigenvalue weighted by Gasteiger charge is 2.27. The van der Waals surface area contributed by atoms with Gasteiger partial charge in [0.25, 0.3) is 0 Å². The van der Waals surface area contributed by atoms with Crippen LogP contribution in [0.5, 0.6) is 0 Å². The molecule has 0 bridgehead atoms. The van der Waals surface area contributed by atoms with E-state index in [-0.39, 0.29) is 35.8 Å². The Morgan fingerprint density at radius 3 is 2.45 bits per heavy atom. The van der Waals surface area contributed by atoms with Crippen molar-refractivity contribution >= 4 is 41.5 Å². The Labute approximate surface area is 149 Å². The maximum absolute atomic E-state index is 11.6. The Balaban J connectivity index is 0.00000242. The summed E-state index contributed by atoms with van der Waals surface area (Å²) in [5.41, 5.74) is 7.84. The van der Waals surface area contributed by atoms with Gasteiger partial charge in [0.15, 0.2) is 5.96 Å². The van der Waals surface area contributed by atoms with Crippen LogP contribution in [0.2, 0.25) is 0 Å². The van der Waals surface area contributed by atoms with Crippen LogP contribution in [0.4, 0.5) is 5.69 Å². The highest BCUT2D eigenvalue weighted by Crippen LogP contribution is 2.25. The fourth-order valence-corrected chi connectivity index (χ4v) is 1.91. The Morgan fingerprint density at radius 2 is 1.95 bits per heavy atom. The number of amides is 1. The Bertz CT molecular complexity index is 523. The van der Waals surface area contributed by atoms with Gasteiger partial charge >= 0.3 is 0 Å². The van der Waals surface area contributed by atoms with Crippen LogP contribution >= 0.6 is 24.0 Å². The van der Waals surface area contributed by atoms with Crippen molar-refractivity contribution < 1.29 is 4.79 Å². The summed E-state index contributed by atoms with van der Waals surface area (Å²) in [6.07, 6.45) is 2.41. The minimum Gasteiger partial charge on any atom is -0.370 e. The van der Waals surface area contributed by atoms with E-state index in [4.69, 9.17) is 5.73 Å². The lowest BCUT2D eigenvalue weighted by Gasteiger charge is -2.16. The molecule has 1 aromatic rings. The lowest BCUT2D eigenvalue weighted by molar-refractivity contribution is -0.118. The first-order chi connectivity index (χ1) is 9.97. The molecule has 1 aliphatic carbocycles. The second-order valence-electron chi connectivity index (χ2n) is 5.86. The molecule has 0 saturated heterocycles. The van der Waals surface area contributed by atoms with E-state index in [0.717, 1.165) is 11.3 Å². The molecule has 0 unspecified atom stereocenters. The van der Waals surface area contributed by atoms with Gasteiger partial charge in [0.05, 0.1) is 6.54 Å². The predicted octanol–water partition coefficient (Wildman–Crippen LogP) is 2.81. The van der Waals surface area contributed by atoms with Gasteiger partial charge in [-0.2, -0.15) is 0 Å². The summed E-state index contributed by atoms with van der Waals surface area (Å²) in [7, 11) is 1.99. The van der Waals surface area contributed by atoms with Gasteiger partial charge in [0.1, 0.15) is 0 Å². The zero-order valence-electron chi connectivity index (χ0n) is 13.4. The third-order valence-corrected chi connectivity index (χ3v) is 3.63. The molecule has 0 atom stereocenters. The number of nitrogens with two attached hydrogens (primary N) is 1. The van der Waals surface area contributed by atoms with E-state index in [1.807, 2.05) is 50.1 Å². The molecule has 6 heteroatoms. The topological polar surface area (TPSA) is 70.7 Å². The van der Waals surface area contributed by atoms with Crippen LogP contribution in [-0.2, 0) is 11.3 Å². The standard InChI is InChI=1S/C16H24N4O.HI/c1-11(2)15(21)19-13-6-4-12(5-7-13)10-18-16(17)20(3)14-8-9-14;/h4-7,11,14H,8-10H2,1-3H3,(H2,17,18)(H,19,21);1H. The predicted molar refractivity (Wildman–Crippen MR) is 101 cm³/mol. The van der Waals surface area contributed by atoms with Crippen molar-refractivity contribution in [2.75, 3.05) is 12.4 Å². The van der Waals surface area contributed by atoms with Crippen LogP contribution in [0.3, 0.4) is 0 Å². The Kier molecular flexibility index (Phi) is 7.12. The monoisotopic (exact) mass is 416 g/mol. The van der Waals surface area contributed by atoms with Crippen molar-refractivity contribution in [1.82, 2.24) is 4.90 Å². The summed E-state index contributed by atoms with van der Waals surface area (Å²) in [6, 6.07) is 8.29. The van der Waals surface area contributed by atoms with E-state index in [1.54, 1.807) is 0 Å². The number of carbonyl (C=O) groups excluding carboxylic acids is 1. The number of nitrogens with zero attached hydrogens (tertiary/aromatic N) is 2. The molecule has 1 aromatic carbocycles. The van der Waals surface area contributed by atoms with Crippen molar-refractivity contribution in [3.63, 3.8) is 0 Å². The van der Waals surface area contributed by atoms with Crippen molar-refractivity contribution in [2.24, 2.45) is 16.6 Å². The zero-order chi connectivity index (χ0) is 15.4. The van der Waals surface area contributed by atoms with E-state index >= 15 is 0 Å². The number of aliphatic imine (C=N–C) groups is 1. The molecule has 22 heavy (non-hydrogen) atoms. The van der Waals surface area contributed by atoms with Crippen LogP contribution in [0, 0.1) is 5.92 Å². The van der Waals surface area contributed by atoms with Gasteiger partial charge in [-0.1, -0.05) is 26.0 Å². The van der Waals surface area contributed by atoms with Crippen molar-refractivity contribution in [3.05, 3.63) is 29.8 Å². The van der Waals surface area contributed by atoms with Gasteiger partial charge in [-0.05, 0) is 30.5 Å². The molecular weight excluding hydrogens is 391 g/mol. The lowest BCUT2D eigenvalue weighted by Crippen LogP contribution is -2.35. The molecule has 0 spiro atoms. The maximum atomic E-state index is 11.6. The van der Waals surface area contributed by atoms with E-state index < -0.39 is 0 Å². The van der Waals surface area contributed by atoms with Gasteiger partial charge in [-0.15, -0.1) is 24.0 Å². The molecule has 2 rings (SSSR count). The largest absolute Gasteiger partial charge is 0.370 e. The number of benzene rings is 1. The van der Waals surface area contributed by atoms with Crippen LogP contribution in [0.25, 0.3) is 0 Å². The number of carbonyl (C=O) groups is 1. The van der Waals surface area contributed by atoms with Gasteiger partial charge in [-0.3, -0.25) is 4.79 Å². The summed E-state index contributed by atoms with van der Waals surface area (Å²) >= 11 is 0. The normalized spacial score (nSPS) is 14.5. The third-order valence-electron chi connectivity index (χ3n) is 3.63. The third kappa shape index (κ3) is 5.47. The van der Waals surface area contributed by atoms with E-state index in [1.165, 1.54) is 12.8 Å². The van der Waals surface area contributed by atoms with Crippen molar-refractivity contribution in [1.29, 1.82) is 0 Å². The quantitative estimate of drug-likeness (QED) is 0.441. The average Bonchev–Trinajstić information content (AvgIpc) is 3.29. The first-order valence-corrected chi connectivity index (χ1v) is 7.40. The number of rotatable bonds is 5. The molecule has 5 nitrogen and oxygen atoms in total. The van der Waals surface area contributed by atoms with E-state index in [9.17, 15) is 4.79 Å². The van der Waals surface area contributed by atoms with Crippen molar-refractivity contribution in [2.45, 2.75) is 39.3 Å². The number of guanidine groups is 1. The highest BCUT2D eigenvalue weighted by atomic mass is 127.